The highest BCUT2D eigenvalue weighted by atomic mass is 16.6. The first-order valence-electron chi connectivity index (χ1n) is 28.9. The van der Waals surface area contributed by atoms with Crippen molar-refractivity contribution in [2.75, 3.05) is 13.1 Å². The maximum absolute atomic E-state index is 13.8. The van der Waals surface area contributed by atoms with Crippen LogP contribution in [0.3, 0.4) is 0 Å². The largest absolute Gasteiger partial charge is 0.481 e. The van der Waals surface area contributed by atoms with Gasteiger partial charge >= 0.3 is 11.9 Å². The van der Waals surface area contributed by atoms with Crippen LogP contribution >= 0.6 is 0 Å². The van der Waals surface area contributed by atoms with Crippen molar-refractivity contribution in [3.63, 3.8) is 0 Å². The van der Waals surface area contributed by atoms with Crippen LogP contribution in [0.4, 0.5) is 0 Å². The monoisotopic (exact) mass is 1090 g/mol. The molecular formula is C66H86N6O8. The molecule has 0 saturated heterocycles. The van der Waals surface area contributed by atoms with E-state index in [4.69, 9.17) is 19.8 Å². The third-order valence-corrected chi connectivity index (χ3v) is 16.5. The number of amides is 4. The van der Waals surface area contributed by atoms with Crippen molar-refractivity contribution in [3.8, 4) is 0 Å². The van der Waals surface area contributed by atoms with Gasteiger partial charge in [0.05, 0.1) is 12.8 Å². The fourth-order valence-corrected chi connectivity index (χ4v) is 11.7. The maximum Gasteiger partial charge on any atom is 0.308 e. The predicted molar refractivity (Wildman–Crippen MR) is 314 cm³/mol. The number of nitrogens with zero attached hydrogens (tertiary/aromatic N) is 4. The summed E-state index contributed by atoms with van der Waals surface area (Å²) in [5, 5.41) is 14.2. The lowest BCUT2D eigenvalue weighted by molar-refractivity contribution is -0.154. The Bertz CT molecular complexity index is 2840. The number of aliphatic carboxylic acids is 1. The Labute approximate surface area is 474 Å². The van der Waals surface area contributed by atoms with Crippen LogP contribution in [0.25, 0.3) is 0 Å². The van der Waals surface area contributed by atoms with E-state index in [1.807, 2.05) is 91.2 Å². The molecule has 2 aliphatic carbocycles. The molecule has 14 heteroatoms. The minimum absolute atomic E-state index is 0.0191. The van der Waals surface area contributed by atoms with Crippen molar-refractivity contribution >= 4 is 47.0 Å². The van der Waals surface area contributed by atoms with Crippen molar-refractivity contribution in [3.05, 3.63) is 143 Å². The number of esters is 1. The normalized spacial score (nSPS) is 21.2. The van der Waals surface area contributed by atoms with Gasteiger partial charge in [0.15, 0.2) is 0 Å². The molecule has 2 aliphatic heterocycles. The zero-order valence-electron chi connectivity index (χ0n) is 48.9. The van der Waals surface area contributed by atoms with Crippen LogP contribution in [0.5, 0.6) is 0 Å². The molecule has 14 nitrogen and oxygen atoms in total. The molecule has 0 atom stereocenters. The van der Waals surface area contributed by atoms with Crippen molar-refractivity contribution < 1.29 is 38.6 Å². The van der Waals surface area contributed by atoms with Gasteiger partial charge in [-0.05, 0) is 167 Å². The number of nitrogens with one attached hydrogen (secondary N) is 2. The minimum Gasteiger partial charge on any atom is -0.481 e. The number of carboxylic acid groups (broad SMARTS) is 1. The van der Waals surface area contributed by atoms with E-state index >= 15 is 0 Å². The van der Waals surface area contributed by atoms with Gasteiger partial charge in [-0.15, -0.1) is 0 Å². The number of ether oxygens (including phenoxy) is 1. The number of carbonyl (C=O) groups is 6. The summed E-state index contributed by atoms with van der Waals surface area (Å²) in [6.45, 7) is 20.4. The Balaban J connectivity index is 0.000000232. The van der Waals surface area contributed by atoms with Gasteiger partial charge in [0.25, 0.3) is 23.6 Å². The van der Waals surface area contributed by atoms with Gasteiger partial charge in [0.2, 0.25) is 0 Å². The van der Waals surface area contributed by atoms with E-state index in [1.165, 1.54) is 11.1 Å². The van der Waals surface area contributed by atoms with Gasteiger partial charge in [-0.1, -0.05) is 126 Å². The van der Waals surface area contributed by atoms with Crippen LogP contribution < -0.4 is 10.6 Å². The Kier molecular flexibility index (Phi) is 19.8. The molecule has 4 aliphatic rings. The molecule has 3 N–H and O–H groups in total. The fourth-order valence-electron chi connectivity index (χ4n) is 11.7. The highest BCUT2D eigenvalue weighted by Gasteiger charge is 2.51. The zero-order chi connectivity index (χ0) is 57.9. The molecule has 4 aromatic rings. The summed E-state index contributed by atoms with van der Waals surface area (Å²) in [6, 6.07) is 35.0. The van der Waals surface area contributed by atoms with E-state index in [9.17, 15) is 28.8 Å². The number of carbonyl (C=O) groups excluding carboxylic acids is 5. The molecular weight excluding hydrogens is 1000 g/mol. The van der Waals surface area contributed by atoms with Crippen LogP contribution in [-0.2, 0) is 49.8 Å². The summed E-state index contributed by atoms with van der Waals surface area (Å²) < 4.78 is 5.30. The first-order valence-corrected chi connectivity index (χ1v) is 28.9. The molecule has 0 aromatic heterocycles. The van der Waals surface area contributed by atoms with Gasteiger partial charge < -0.3 is 30.3 Å². The number of hydrogen-bond acceptors (Lipinski definition) is 9. The lowest BCUT2D eigenvalue weighted by Crippen LogP contribution is -2.49. The molecule has 2 saturated carbocycles. The van der Waals surface area contributed by atoms with Gasteiger partial charge in [-0.25, -0.2) is 0 Å². The number of carboxylic acids is 1. The van der Waals surface area contributed by atoms with Crippen LogP contribution in [0.15, 0.2) is 119 Å². The van der Waals surface area contributed by atoms with Crippen LogP contribution in [-0.4, -0.2) is 91.9 Å². The van der Waals surface area contributed by atoms with E-state index < -0.39 is 22.9 Å². The quantitative estimate of drug-likeness (QED) is 0.0821. The number of hydrogen-bond donors (Lipinski definition) is 3. The lowest BCUT2D eigenvalue weighted by atomic mass is 9.69. The van der Waals surface area contributed by atoms with Gasteiger partial charge in [0, 0.05) is 37.3 Å². The smallest absolute Gasteiger partial charge is 0.308 e. The van der Waals surface area contributed by atoms with Gasteiger partial charge in [-0.2, -0.15) is 0 Å². The highest BCUT2D eigenvalue weighted by Crippen LogP contribution is 2.48. The van der Waals surface area contributed by atoms with Crippen molar-refractivity contribution in [1.82, 2.24) is 20.4 Å². The Morgan fingerprint density at radius 2 is 0.887 bits per heavy atom. The summed E-state index contributed by atoms with van der Waals surface area (Å²) in [5.74, 6) is -0.584. The molecule has 8 rings (SSSR count). The highest BCUT2D eigenvalue weighted by molar-refractivity contribution is 6.41. The second-order valence-electron chi connectivity index (χ2n) is 25.5. The standard InChI is InChI=1S/C35H47N3O4.C31H39N3O4/c1-33(2,3)28-18-21-35(22-19-28)37-29(17-14-25-10-8-7-9-11-25)32(41)38(35)24-26-12-15-27(16-13-26)31(40)36-23-20-30(39)42-34(4,5)6;1-30(2,3)25-15-18-31(19-16-25)33-26(14-11-22-7-5-4-6-8-22)29(38)34(31)21-23-9-12-24(13-10-23)28(37)32-20-17-27(35)36/h7-13,15-16,28H,14,17-24H2,1-6H3,(H,36,40);4-10,12-13,25H,11,14-21H2,1-3H3,(H,32,37)(H,35,36). The molecule has 2 spiro atoms. The summed E-state index contributed by atoms with van der Waals surface area (Å²) in [5.41, 5.74) is 5.54. The SMILES string of the molecule is CC(C)(C)C1CCC2(CC1)N=C(CCc1ccccc1)C(=O)N2Cc1ccc(C(=O)NCCC(=O)O)cc1.CC(C)(C)OC(=O)CCNC(=O)c1ccc(CN2C(=O)C(CCc3ccccc3)=NC23CCC(C(C)(C)C)CC3)cc1. The summed E-state index contributed by atoms with van der Waals surface area (Å²) in [4.78, 5) is 89.4. The number of rotatable bonds is 18. The molecule has 2 fully saturated rings. The van der Waals surface area contributed by atoms with Crippen molar-refractivity contribution in [2.45, 2.75) is 182 Å². The Hall–Kier alpha value is -6.96. The van der Waals surface area contributed by atoms with Crippen LogP contribution in [0.2, 0.25) is 0 Å². The molecule has 0 bridgehead atoms. The Morgan fingerprint density at radius 3 is 1.23 bits per heavy atom. The summed E-state index contributed by atoms with van der Waals surface area (Å²) in [7, 11) is 0. The minimum atomic E-state index is -0.952. The first-order chi connectivity index (χ1) is 37.8. The van der Waals surface area contributed by atoms with Crippen molar-refractivity contribution in [1.29, 1.82) is 0 Å². The second-order valence-corrected chi connectivity index (χ2v) is 25.5. The molecule has 4 amide bonds. The predicted octanol–water partition coefficient (Wildman–Crippen LogP) is 11.7. The third-order valence-electron chi connectivity index (χ3n) is 16.5. The molecule has 0 unspecified atom stereocenters. The lowest BCUT2D eigenvalue weighted by Gasteiger charge is -2.45. The number of aryl methyl sites for hydroxylation is 2. The van der Waals surface area contributed by atoms with E-state index in [2.05, 4.69) is 76.4 Å². The number of benzene rings is 4. The van der Waals surface area contributed by atoms with E-state index in [1.54, 1.807) is 24.3 Å². The second kappa shape index (κ2) is 26.1. The number of aliphatic imine (C=N–C) groups is 2. The third kappa shape index (κ3) is 16.3. The zero-order valence-corrected chi connectivity index (χ0v) is 48.9. The van der Waals surface area contributed by atoms with Crippen LogP contribution in [0, 0.1) is 22.7 Å². The van der Waals surface area contributed by atoms with Gasteiger partial charge in [0.1, 0.15) is 28.4 Å². The van der Waals surface area contributed by atoms with Crippen LogP contribution in [0.1, 0.15) is 182 Å². The van der Waals surface area contributed by atoms with Crippen molar-refractivity contribution in [2.24, 2.45) is 32.7 Å². The van der Waals surface area contributed by atoms with E-state index in [0.717, 1.165) is 75.3 Å². The maximum atomic E-state index is 13.8. The average molecular weight is 1090 g/mol. The first kappa shape index (κ1) is 60.7. The molecule has 2 heterocycles. The van der Waals surface area contributed by atoms with Gasteiger partial charge in [-0.3, -0.25) is 38.8 Å². The van der Waals surface area contributed by atoms with E-state index in [0.29, 0.717) is 60.3 Å². The molecule has 0 radical (unpaired) electrons. The average Bonchev–Trinajstić information content (AvgIpc) is 4.07. The summed E-state index contributed by atoms with van der Waals surface area (Å²) in [6.07, 6.45) is 10.5. The topological polar surface area (TPSA) is 187 Å². The summed E-state index contributed by atoms with van der Waals surface area (Å²) >= 11 is 0. The Morgan fingerprint density at radius 1 is 0.525 bits per heavy atom. The van der Waals surface area contributed by atoms with E-state index in [-0.39, 0.29) is 66.4 Å². The molecule has 80 heavy (non-hydrogen) atoms. The fraction of sp³-hybridized carbons (Fsp3) is 0.515. The molecule has 4 aromatic carbocycles. The molecule has 428 valence electrons.